The standard InChI is InChI=1S/C15H18N2O4/c18-14(20-11-12-7-3-1-4-8-12)16-17-15(19)21-13-9-5-2-6-10-13/h1,3-4,7-8,13H,2,5-6,9-11H2. The molecule has 1 aliphatic rings. The molecule has 6 nitrogen and oxygen atoms in total. The summed E-state index contributed by atoms with van der Waals surface area (Å²) in [4.78, 5) is 22.7. The lowest BCUT2D eigenvalue weighted by Gasteiger charge is -2.20. The fraction of sp³-hybridized carbons (Fsp3) is 0.467. The predicted molar refractivity (Wildman–Crippen MR) is 74.8 cm³/mol. The van der Waals surface area contributed by atoms with E-state index in [-0.39, 0.29) is 12.7 Å². The first-order valence-corrected chi connectivity index (χ1v) is 7.07. The van der Waals surface area contributed by atoms with Crippen molar-refractivity contribution in [2.24, 2.45) is 10.2 Å². The Hall–Kier alpha value is -2.24. The van der Waals surface area contributed by atoms with Crippen LogP contribution < -0.4 is 0 Å². The highest BCUT2D eigenvalue weighted by atomic mass is 16.6. The molecule has 0 unspecified atom stereocenters. The van der Waals surface area contributed by atoms with Gasteiger partial charge in [-0.15, -0.1) is 0 Å². The van der Waals surface area contributed by atoms with Gasteiger partial charge in [0.05, 0.1) is 0 Å². The molecule has 1 fully saturated rings. The Morgan fingerprint density at radius 3 is 2.38 bits per heavy atom. The van der Waals surface area contributed by atoms with Crippen LogP contribution in [0.15, 0.2) is 40.6 Å². The van der Waals surface area contributed by atoms with Crippen molar-refractivity contribution >= 4 is 12.2 Å². The fourth-order valence-corrected chi connectivity index (χ4v) is 2.18. The number of carbonyl (C=O) groups excluding carboxylic acids is 2. The summed E-state index contributed by atoms with van der Waals surface area (Å²) in [5.74, 6) is 0. The number of benzene rings is 1. The van der Waals surface area contributed by atoms with Gasteiger partial charge >= 0.3 is 12.2 Å². The number of nitrogens with zero attached hydrogens (tertiary/aromatic N) is 2. The van der Waals surface area contributed by atoms with Gasteiger partial charge < -0.3 is 9.47 Å². The highest BCUT2D eigenvalue weighted by Gasteiger charge is 2.17. The molecule has 1 aromatic carbocycles. The second-order valence-corrected chi connectivity index (χ2v) is 4.88. The molecule has 0 saturated heterocycles. The molecule has 0 radical (unpaired) electrons. The average molecular weight is 290 g/mol. The van der Waals surface area contributed by atoms with Gasteiger partial charge in [-0.25, -0.2) is 9.59 Å². The van der Waals surface area contributed by atoms with E-state index in [0.29, 0.717) is 0 Å². The van der Waals surface area contributed by atoms with Crippen LogP contribution >= 0.6 is 0 Å². The van der Waals surface area contributed by atoms with Crippen LogP contribution in [0.3, 0.4) is 0 Å². The number of azo groups is 1. The van der Waals surface area contributed by atoms with E-state index in [0.717, 1.165) is 31.2 Å². The van der Waals surface area contributed by atoms with E-state index in [1.54, 1.807) is 0 Å². The van der Waals surface area contributed by atoms with Crippen molar-refractivity contribution in [1.82, 2.24) is 0 Å². The monoisotopic (exact) mass is 290 g/mol. The quantitative estimate of drug-likeness (QED) is 0.780. The normalized spacial score (nSPS) is 15.8. The van der Waals surface area contributed by atoms with Crippen molar-refractivity contribution in [1.29, 1.82) is 0 Å². The van der Waals surface area contributed by atoms with Crippen molar-refractivity contribution in [3.05, 3.63) is 35.9 Å². The zero-order valence-corrected chi connectivity index (χ0v) is 11.7. The molecule has 0 aromatic heterocycles. The first-order valence-electron chi connectivity index (χ1n) is 7.07. The minimum absolute atomic E-state index is 0.0936. The molecule has 0 bridgehead atoms. The summed E-state index contributed by atoms with van der Waals surface area (Å²) in [5.41, 5.74) is 0.839. The second kappa shape index (κ2) is 8.14. The van der Waals surface area contributed by atoms with Crippen LogP contribution in [-0.2, 0) is 16.1 Å². The van der Waals surface area contributed by atoms with Gasteiger partial charge in [-0.05, 0) is 31.2 Å². The van der Waals surface area contributed by atoms with Crippen LogP contribution in [0.4, 0.5) is 9.59 Å². The lowest BCUT2D eigenvalue weighted by Crippen LogP contribution is -2.18. The molecule has 21 heavy (non-hydrogen) atoms. The number of carbonyl (C=O) groups is 2. The molecular formula is C15H18N2O4. The van der Waals surface area contributed by atoms with E-state index >= 15 is 0 Å². The summed E-state index contributed by atoms with van der Waals surface area (Å²) in [5, 5.41) is 6.41. The zero-order valence-electron chi connectivity index (χ0n) is 11.7. The van der Waals surface area contributed by atoms with Crippen molar-refractivity contribution in [3.8, 4) is 0 Å². The number of amides is 2. The molecule has 6 heteroatoms. The summed E-state index contributed by atoms with van der Waals surface area (Å²) >= 11 is 0. The van der Waals surface area contributed by atoms with E-state index < -0.39 is 12.2 Å². The third kappa shape index (κ3) is 5.72. The molecule has 0 heterocycles. The molecule has 0 aliphatic heterocycles. The molecule has 0 N–H and O–H groups in total. The van der Waals surface area contributed by atoms with Gasteiger partial charge in [0.2, 0.25) is 0 Å². The topological polar surface area (TPSA) is 77.3 Å². The molecule has 2 amide bonds. The van der Waals surface area contributed by atoms with Gasteiger partial charge in [-0.3, -0.25) is 0 Å². The number of hydrogen-bond acceptors (Lipinski definition) is 4. The second-order valence-electron chi connectivity index (χ2n) is 4.88. The first-order chi connectivity index (χ1) is 10.2. The SMILES string of the molecule is O=C(N=NC(=O)OC1CCCCC1)OCc1ccccc1. The Kier molecular flexibility index (Phi) is 5.87. The lowest BCUT2D eigenvalue weighted by molar-refractivity contribution is 0.0812. The summed E-state index contributed by atoms with van der Waals surface area (Å²) in [6.45, 7) is 0.0936. The largest absolute Gasteiger partial charge is 0.452 e. The van der Waals surface area contributed by atoms with Crippen LogP contribution in [-0.4, -0.2) is 18.3 Å². The maximum Gasteiger partial charge on any atom is 0.452 e. The van der Waals surface area contributed by atoms with E-state index in [2.05, 4.69) is 10.2 Å². The summed E-state index contributed by atoms with van der Waals surface area (Å²) in [7, 11) is 0. The summed E-state index contributed by atoms with van der Waals surface area (Å²) in [6, 6.07) is 9.19. The van der Waals surface area contributed by atoms with Crippen molar-refractivity contribution < 1.29 is 19.1 Å². The Labute approximate surface area is 123 Å². The van der Waals surface area contributed by atoms with E-state index in [4.69, 9.17) is 9.47 Å². The third-order valence-electron chi connectivity index (χ3n) is 3.24. The van der Waals surface area contributed by atoms with Gasteiger partial charge in [0.1, 0.15) is 12.7 Å². The highest BCUT2D eigenvalue weighted by molar-refractivity contribution is 5.73. The molecular weight excluding hydrogens is 272 g/mol. The van der Waals surface area contributed by atoms with E-state index in [1.165, 1.54) is 6.42 Å². The summed E-state index contributed by atoms with van der Waals surface area (Å²) in [6.07, 6.45) is 3.12. The van der Waals surface area contributed by atoms with Crippen LogP contribution in [0, 0.1) is 0 Å². The maximum atomic E-state index is 11.4. The molecule has 1 saturated carbocycles. The van der Waals surface area contributed by atoms with Gasteiger partial charge in [0.25, 0.3) is 0 Å². The molecule has 112 valence electrons. The van der Waals surface area contributed by atoms with Crippen molar-refractivity contribution in [2.75, 3.05) is 0 Å². The van der Waals surface area contributed by atoms with Crippen molar-refractivity contribution in [2.45, 2.75) is 44.8 Å². The molecule has 1 aromatic rings. The lowest BCUT2D eigenvalue weighted by atomic mass is 9.98. The smallest absolute Gasteiger partial charge is 0.444 e. The number of rotatable bonds is 3. The first kappa shape index (κ1) is 15.2. The van der Waals surface area contributed by atoms with Crippen LogP contribution in [0.2, 0.25) is 0 Å². The van der Waals surface area contributed by atoms with Gasteiger partial charge in [0, 0.05) is 0 Å². The Morgan fingerprint density at radius 2 is 1.67 bits per heavy atom. The Morgan fingerprint density at radius 1 is 1.00 bits per heavy atom. The minimum Gasteiger partial charge on any atom is -0.444 e. The minimum atomic E-state index is -0.903. The van der Waals surface area contributed by atoms with Gasteiger partial charge in [-0.2, -0.15) is 0 Å². The Balaban J connectivity index is 1.69. The third-order valence-corrected chi connectivity index (χ3v) is 3.24. The zero-order chi connectivity index (χ0) is 14.9. The van der Waals surface area contributed by atoms with Crippen LogP contribution in [0.5, 0.6) is 0 Å². The highest BCUT2D eigenvalue weighted by Crippen LogP contribution is 2.20. The van der Waals surface area contributed by atoms with Crippen LogP contribution in [0.25, 0.3) is 0 Å². The summed E-state index contributed by atoms with van der Waals surface area (Å²) < 4.78 is 9.96. The maximum absolute atomic E-state index is 11.4. The number of hydrogen-bond donors (Lipinski definition) is 0. The van der Waals surface area contributed by atoms with Gasteiger partial charge in [-0.1, -0.05) is 47.0 Å². The molecule has 1 aliphatic carbocycles. The van der Waals surface area contributed by atoms with E-state index in [9.17, 15) is 9.59 Å². The van der Waals surface area contributed by atoms with Gasteiger partial charge in [0.15, 0.2) is 0 Å². The fourth-order valence-electron chi connectivity index (χ4n) is 2.18. The predicted octanol–water partition coefficient (Wildman–Crippen LogP) is 4.24. The Bertz CT molecular complexity index is 496. The molecule has 2 rings (SSSR count). The number of ether oxygens (including phenoxy) is 2. The molecule has 0 atom stereocenters. The molecule has 0 spiro atoms. The average Bonchev–Trinajstić information content (AvgIpc) is 2.53. The van der Waals surface area contributed by atoms with Crippen molar-refractivity contribution in [3.63, 3.8) is 0 Å². The van der Waals surface area contributed by atoms with E-state index in [1.807, 2.05) is 30.3 Å². The van der Waals surface area contributed by atoms with Crippen LogP contribution in [0.1, 0.15) is 37.7 Å².